The van der Waals surface area contributed by atoms with Gasteiger partial charge < -0.3 is 10.2 Å². The number of benzene rings is 1. The molecule has 0 heterocycles. The molecular formula is C21H31N5O3. The molecule has 0 aliphatic carbocycles. The Labute approximate surface area is 172 Å². The smallest absolute Gasteiger partial charge is 0.251 e. The van der Waals surface area contributed by atoms with Gasteiger partial charge in [-0.15, -0.1) is 0 Å². The first kappa shape index (κ1) is 24.0. The fourth-order valence-corrected chi connectivity index (χ4v) is 2.77. The van der Waals surface area contributed by atoms with Crippen LogP contribution in [-0.4, -0.2) is 42.7 Å². The molecule has 29 heavy (non-hydrogen) atoms. The number of amidine groups is 1. The van der Waals surface area contributed by atoms with Crippen molar-refractivity contribution in [2.75, 3.05) is 18.0 Å². The fourth-order valence-electron chi connectivity index (χ4n) is 2.77. The van der Waals surface area contributed by atoms with E-state index in [9.17, 15) is 9.59 Å². The highest BCUT2D eigenvalue weighted by Crippen LogP contribution is 2.16. The number of nitrogens with one attached hydrogen (secondary N) is 2. The predicted molar refractivity (Wildman–Crippen MR) is 117 cm³/mol. The van der Waals surface area contributed by atoms with E-state index in [0.717, 1.165) is 43.8 Å². The molecule has 0 bridgehead atoms. The highest BCUT2D eigenvalue weighted by molar-refractivity contribution is 5.98. The zero-order valence-electron chi connectivity index (χ0n) is 17.2. The Morgan fingerprint density at radius 3 is 2.45 bits per heavy atom. The Hall–Kier alpha value is -3.00. The van der Waals surface area contributed by atoms with E-state index in [1.54, 1.807) is 23.8 Å². The molecule has 0 radical (unpaired) electrons. The van der Waals surface area contributed by atoms with Gasteiger partial charge in [0.25, 0.3) is 5.91 Å². The van der Waals surface area contributed by atoms with Gasteiger partial charge in [-0.05, 0) is 57.7 Å². The van der Waals surface area contributed by atoms with Crippen LogP contribution in [0.25, 0.3) is 0 Å². The third-order valence-corrected chi connectivity index (χ3v) is 4.32. The van der Waals surface area contributed by atoms with Gasteiger partial charge in [-0.1, -0.05) is 12.8 Å². The average molecular weight is 402 g/mol. The summed E-state index contributed by atoms with van der Waals surface area (Å²) in [7, 11) is 0. The van der Waals surface area contributed by atoms with Crippen LogP contribution in [0.4, 0.5) is 5.69 Å². The predicted octanol–water partition coefficient (Wildman–Crippen LogP) is 3.29. The molecule has 1 aromatic rings. The summed E-state index contributed by atoms with van der Waals surface area (Å²) in [5, 5.41) is 11.3. The van der Waals surface area contributed by atoms with Gasteiger partial charge in [-0.25, -0.2) is 10.5 Å². The van der Waals surface area contributed by atoms with Crippen LogP contribution in [0.3, 0.4) is 0 Å². The standard InChI is InChI=1S/C21H31N5O3/c1-4-26(17(2)23-16-15-22-3)19-12-10-18(11-13-19)21(28)24-14-8-6-5-7-9-20(27)25-29/h10-13,15-16,29H,3-9,14H2,1-2H3,(H,24,28)(H,25,27)/b16-15-,23-17?. The lowest BCUT2D eigenvalue weighted by atomic mass is 10.1. The van der Waals surface area contributed by atoms with Gasteiger partial charge >= 0.3 is 0 Å². The largest absolute Gasteiger partial charge is 0.352 e. The van der Waals surface area contributed by atoms with Gasteiger partial charge in [0.15, 0.2) is 0 Å². The van der Waals surface area contributed by atoms with E-state index < -0.39 is 0 Å². The van der Waals surface area contributed by atoms with Crippen molar-refractivity contribution < 1.29 is 14.8 Å². The lowest BCUT2D eigenvalue weighted by molar-refractivity contribution is -0.129. The van der Waals surface area contributed by atoms with E-state index in [1.165, 1.54) is 6.20 Å². The quantitative estimate of drug-likeness (QED) is 0.164. The fraction of sp³-hybridized carbons (Fsp3) is 0.429. The van der Waals surface area contributed by atoms with Crippen LogP contribution in [0.15, 0.2) is 46.7 Å². The van der Waals surface area contributed by atoms with Gasteiger partial charge in [-0.2, -0.15) is 0 Å². The Kier molecular flexibility index (Phi) is 11.7. The van der Waals surface area contributed by atoms with Crippen LogP contribution in [-0.2, 0) is 4.79 Å². The number of nitrogens with zero attached hydrogens (tertiary/aromatic N) is 3. The molecule has 1 rings (SSSR count). The van der Waals surface area contributed by atoms with Crippen molar-refractivity contribution in [1.82, 2.24) is 10.8 Å². The molecule has 0 atom stereocenters. The molecule has 2 amide bonds. The molecule has 8 heteroatoms. The summed E-state index contributed by atoms with van der Waals surface area (Å²) in [5.74, 6) is 0.348. The van der Waals surface area contributed by atoms with Crippen LogP contribution in [0.1, 0.15) is 56.3 Å². The summed E-state index contributed by atoms with van der Waals surface area (Å²) in [6.45, 7) is 8.65. The van der Waals surface area contributed by atoms with E-state index in [1.807, 2.05) is 30.9 Å². The normalized spacial score (nSPS) is 11.3. The molecule has 0 saturated heterocycles. The lowest BCUT2D eigenvalue weighted by Crippen LogP contribution is -2.28. The zero-order chi connectivity index (χ0) is 21.5. The monoisotopic (exact) mass is 401 g/mol. The maximum Gasteiger partial charge on any atom is 0.251 e. The number of anilines is 1. The van der Waals surface area contributed by atoms with Crippen molar-refractivity contribution >= 4 is 30.1 Å². The van der Waals surface area contributed by atoms with Crippen molar-refractivity contribution in [1.29, 1.82) is 0 Å². The Morgan fingerprint density at radius 1 is 1.14 bits per heavy atom. The van der Waals surface area contributed by atoms with Gasteiger partial charge in [0.05, 0.1) is 0 Å². The lowest BCUT2D eigenvalue weighted by Gasteiger charge is -2.22. The molecule has 0 spiro atoms. The molecule has 0 saturated carbocycles. The minimum Gasteiger partial charge on any atom is -0.352 e. The van der Waals surface area contributed by atoms with Gasteiger partial charge in [0.1, 0.15) is 5.84 Å². The van der Waals surface area contributed by atoms with E-state index in [-0.39, 0.29) is 11.8 Å². The van der Waals surface area contributed by atoms with Crippen molar-refractivity contribution in [2.24, 2.45) is 9.98 Å². The number of unbranched alkanes of at least 4 members (excludes halogenated alkanes) is 3. The summed E-state index contributed by atoms with van der Waals surface area (Å²) in [6, 6.07) is 7.41. The first-order chi connectivity index (χ1) is 14.0. The maximum absolute atomic E-state index is 12.3. The third kappa shape index (κ3) is 9.16. The van der Waals surface area contributed by atoms with E-state index in [2.05, 4.69) is 22.0 Å². The maximum atomic E-state index is 12.3. The second-order valence-corrected chi connectivity index (χ2v) is 6.40. The number of hydrogen-bond donors (Lipinski definition) is 3. The number of hydroxylamine groups is 1. The minimum absolute atomic E-state index is 0.107. The summed E-state index contributed by atoms with van der Waals surface area (Å²) in [5.41, 5.74) is 3.18. The Bertz CT molecular complexity index is 714. The van der Waals surface area contributed by atoms with E-state index >= 15 is 0 Å². The molecule has 1 aromatic carbocycles. The Balaban J connectivity index is 2.46. The molecule has 0 aromatic heterocycles. The van der Waals surface area contributed by atoms with Crippen molar-refractivity contribution in [3.05, 3.63) is 42.2 Å². The van der Waals surface area contributed by atoms with Crippen molar-refractivity contribution in [3.63, 3.8) is 0 Å². The van der Waals surface area contributed by atoms with Crippen LogP contribution >= 0.6 is 0 Å². The SMILES string of the molecule is C=N/C=C\N=C(C)N(CC)c1ccc(C(=O)NCCCCCCC(=O)NO)cc1. The summed E-state index contributed by atoms with van der Waals surface area (Å²) in [4.78, 5) is 33.1. The third-order valence-electron chi connectivity index (χ3n) is 4.32. The topological polar surface area (TPSA) is 106 Å². The van der Waals surface area contributed by atoms with Gasteiger partial charge in [-0.3, -0.25) is 19.8 Å². The number of carbonyl (C=O) groups is 2. The molecule has 0 unspecified atom stereocenters. The molecule has 0 aliphatic rings. The summed E-state index contributed by atoms with van der Waals surface area (Å²) < 4.78 is 0. The number of rotatable bonds is 12. The van der Waals surface area contributed by atoms with Crippen LogP contribution in [0.2, 0.25) is 0 Å². The number of carbonyl (C=O) groups excluding carboxylic acids is 2. The summed E-state index contributed by atoms with van der Waals surface area (Å²) in [6.07, 6.45) is 6.79. The second kappa shape index (κ2) is 14.1. The molecule has 3 N–H and O–H groups in total. The number of hydrogen-bond acceptors (Lipinski definition) is 5. The molecule has 8 nitrogen and oxygen atoms in total. The number of amides is 2. The van der Waals surface area contributed by atoms with Crippen molar-refractivity contribution in [2.45, 2.75) is 46.0 Å². The van der Waals surface area contributed by atoms with Crippen LogP contribution in [0.5, 0.6) is 0 Å². The van der Waals surface area contributed by atoms with Gasteiger partial charge in [0, 0.05) is 43.2 Å². The Morgan fingerprint density at radius 2 is 1.83 bits per heavy atom. The number of aliphatic imine (C=N–C) groups is 2. The first-order valence-corrected chi connectivity index (χ1v) is 9.77. The summed E-state index contributed by atoms with van der Waals surface area (Å²) >= 11 is 0. The average Bonchev–Trinajstić information content (AvgIpc) is 2.73. The minimum atomic E-state index is -0.366. The molecule has 0 fully saturated rings. The van der Waals surface area contributed by atoms with E-state index in [0.29, 0.717) is 18.5 Å². The first-order valence-electron chi connectivity index (χ1n) is 9.77. The van der Waals surface area contributed by atoms with Crippen molar-refractivity contribution in [3.8, 4) is 0 Å². The second-order valence-electron chi connectivity index (χ2n) is 6.40. The molecule has 158 valence electrons. The molecule has 0 aliphatic heterocycles. The zero-order valence-corrected chi connectivity index (χ0v) is 17.2. The van der Waals surface area contributed by atoms with Crippen LogP contribution < -0.4 is 15.7 Å². The highest BCUT2D eigenvalue weighted by Gasteiger charge is 2.09. The van der Waals surface area contributed by atoms with E-state index in [4.69, 9.17) is 5.21 Å². The van der Waals surface area contributed by atoms with Crippen LogP contribution in [0, 0.1) is 0 Å². The molecular weight excluding hydrogens is 370 g/mol. The highest BCUT2D eigenvalue weighted by atomic mass is 16.5. The van der Waals surface area contributed by atoms with Gasteiger partial charge in [0.2, 0.25) is 5.91 Å².